The van der Waals surface area contributed by atoms with E-state index in [1.165, 1.54) is 11.8 Å². The van der Waals surface area contributed by atoms with Crippen molar-refractivity contribution in [1.82, 2.24) is 0 Å². The van der Waals surface area contributed by atoms with Gasteiger partial charge in [0, 0.05) is 5.56 Å². The summed E-state index contributed by atoms with van der Waals surface area (Å²) in [6.07, 6.45) is 2.77. The molecule has 3 nitrogen and oxygen atoms in total. The molecule has 2 unspecified atom stereocenters. The van der Waals surface area contributed by atoms with E-state index >= 15 is 0 Å². The van der Waals surface area contributed by atoms with Crippen molar-refractivity contribution in [3.05, 3.63) is 46.9 Å². The smallest absolute Gasteiger partial charge is 0.310 e. The Balaban J connectivity index is 2.12. The predicted molar refractivity (Wildman–Crippen MR) is 72.0 cm³/mol. The number of ketones is 1. The topological polar surface area (TPSA) is 54.4 Å². The van der Waals surface area contributed by atoms with Crippen LogP contribution in [-0.2, 0) is 4.79 Å². The van der Waals surface area contributed by atoms with E-state index in [0.29, 0.717) is 5.56 Å². The molecule has 0 radical (unpaired) electrons. The maximum Gasteiger partial charge on any atom is 0.310 e. The van der Waals surface area contributed by atoms with Gasteiger partial charge in [-0.3, -0.25) is 9.59 Å². The van der Waals surface area contributed by atoms with Gasteiger partial charge in [-0.2, -0.15) is 0 Å². The number of aliphatic carboxylic acids is 1. The number of carboxylic acid groups (broad SMARTS) is 1. The molecule has 1 heterocycles. The Hall–Kier alpha value is -1.55. The zero-order valence-corrected chi connectivity index (χ0v) is 10.8. The molecule has 4 heteroatoms. The Kier molecular flexibility index (Phi) is 3.87. The number of carbonyl (C=O) groups is 2. The van der Waals surface area contributed by atoms with Gasteiger partial charge >= 0.3 is 5.97 Å². The summed E-state index contributed by atoms with van der Waals surface area (Å²) in [5.74, 6) is -1.29. The molecular formula is C14H14O3S. The fourth-order valence-electron chi connectivity index (χ4n) is 1.82. The second-order valence-electron chi connectivity index (χ2n) is 4.28. The van der Waals surface area contributed by atoms with E-state index in [9.17, 15) is 9.59 Å². The first-order valence-electron chi connectivity index (χ1n) is 5.77. The number of benzene rings is 1. The van der Waals surface area contributed by atoms with Crippen LogP contribution >= 0.6 is 11.8 Å². The third-order valence-electron chi connectivity index (χ3n) is 3.05. The summed E-state index contributed by atoms with van der Waals surface area (Å²) in [5, 5.41) is 10.8. The average Bonchev–Trinajstić information content (AvgIpc) is 2.91. The Morgan fingerprint density at radius 3 is 2.50 bits per heavy atom. The summed E-state index contributed by atoms with van der Waals surface area (Å²) in [6.45, 7) is 1.63. The highest BCUT2D eigenvalue weighted by atomic mass is 32.2. The largest absolute Gasteiger partial charge is 0.481 e. The van der Waals surface area contributed by atoms with Crippen molar-refractivity contribution < 1.29 is 14.7 Å². The van der Waals surface area contributed by atoms with Crippen molar-refractivity contribution in [3.63, 3.8) is 0 Å². The maximum atomic E-state index is 12.1. The van der Waals surface area contributed by atoms with Crippen molar-refractivity contribution in [2.75, 3.05) is 0 Å². The first-order valence-corrected chi connectivity index (χ1v) is 6.71. The van der Waals surface area contributed by atoms with E-state index in [1.807, 2.05) is 11.5 Å². The lowest BCUT2D eigenvalue weighted by Crippen LogP contribution is -2.14. The van der Waals surface area contributed by atoms with Gasteiger partial charge in [-0.25, -0.2) is 0 Å². The molecule has 1 aliphatic heterocycles. The average molecular weight is 262 g/mol. The van der Waals surface area contributed by atoms with Crippen molar-refractivity contribution in [2.45, 2.75) is 24.5 Å². The highest BCUT2D eigenvalue weighted by Crippen LogP contribution is 2.27. The molecule has 2 atom stereocenters. The highest BCUT2D eigenvalue weighted by Gasteiger charge is 2.22. The second-order valence-corrected chi connectivity index (χ2v) is 5.39. The van der Waals surface area contributed by atoms with Crippen LogP contribution in [-0.4, -0.2) is 22.1 Å². The third-order valence-corrected chi connectivity index (χ3v) is 4.13. The van der Waals surface area contributed by atoms with Gasteiger partial charge in [-0.1, -0.05) is 30.3 Å². The third kappa shape index (κ3) is 2.64. The van der Waals surface area contributed by atoms with E-state index in [-0.39, 0.29) is 11.0 Å². The molecular weight excluding hydrogens is 248 g/mol. The molecule has 1 aliphatic rings. The minimum absolute atomic E-state index is 0.0206. The van der Waals surface area contributed by atoms with Gasteiger partial charge in [0.1, 0.15) is 0 Å². The van der Waals surface area contributed by atoms with Gasteiger partial charge in [-0.05, 0) is 24.3 Å². The summed E-state index contributed by atoms with van der Waals surface area (Å²) in [7, 11) is 0. The summed E-state index contributed by atoms with van der Waals surface area (Å²) in [6, 6.07) is 6.88. The lowest BCUT2D eigenvalue weighted by molar-refractivity contribution is -0.138. The number of Topliss-reactive ketones (excluding diaryl/α,β-unsaturated/α-hetero) is 1. The summed E-state index contributed by atoms with van der Waals surface area (Å²) >= 11 is 1.54. The Morgan fingerprint density at radius 2 is 2.00 bits per heavy atom. The van der Waals surface area contributed by atoms with Crippen molar-refractivity contribution in [1.29, 1.82) is 0 Å². The fraction of sp³-hybridized carbons (Fsp3) is 0.286. The first-order chi connectivity index (χ1) is 8.59. The monoisotopic (exact) mass is 262 g/mol. The van der Waals surface area contributed by atoms with Crippen LogP contribution in [0.1, 0.15) is 35.2 Å². The van der Waals surface area contributed by atoms with E-state index in [4.69, 9.17) is 5.11 Å². The molecule has 1 aromatic carbocycles. The van der Waals surface area contributed by atoms with Crippen molar-refractivity contribution >= 4 is 23.5 Å². The maximum absolute atomic E-state index is 12.1. The van der Waals surface area contributed by atoms with Gasteiger partial charge in [0.15, 0.2) is 5.78 Å². The van der Waals surface area contributed by atoms with Crippen LogP contribution in [0, 0.1) is 0 Å². The molecule has 0 fully saturated rings. The molecule has 0 aromatic heterocycles. The normalized spacial score (nSPS) is 19.7. The van der Waals surface area contributed by atoms with Crippen LogP contribution in [0.5, 0.6) is 0 Å². The fourth-order valence-corrected chi connectivity index (χ4v) is 2.71. The minimum Gasteiger partial charge on any atom is -0.481 e. The van der Waals surface area contributed by atoms with Gasteiger partial charge in [-0.15, -0.1) is 11.8 Å². The van der Waals surface area contributed by atoms with Crippen LogP contribution in [0.4, 0.5) is 0 Å². The molecule has 1 N–H and O–H groups in total. The quantitative estimate of drug-likeness (QED) is 0.847. The van der Waals surface area contributed by atoms with Gasteiger partial charge in [0.25, 0.3) is 0 Å². The molecule has 0 bridgehead atoms. The Morgan fingerprint density at radius 1 is 1.33 bits per heavy atom. The Labute approximate surface area is 110 Å². The highest BCUT2D eigenvalue weighted by molar-refractivity contribution is 8.03. The van der Waals surface area contributed by atoms with E-state index in [0.717, 1.165) is 12.0 Å². The van der Waals surface area contributed by atoms with Gasteiger partial charge < -0.3 is 5.11 Å². The molecule has 0 saturated carbocycles. The lowest BCUT2D eigenvalue weighted by Gasteiger charge is -2.10. The van der Waals surface area contributed by atoms with Crippen LogP contribution in [0.2, 0.25) is 0 Å². The van der Waals surface area contributed by atoms with Gasteiger partial charge in [0.2, 0.25) is 0 Å². The molecule has 0 spiro atoms. The summed E-state index contributed by atoms with van der Waals surface area (Å²) < 4.78 is 0. The van der Waals surface area contributed by atoms with E-state index in [2.05, 4.69) is 0 Å². The summed E-state index contributed by atoms with van der Waals surface area (Å²) in [4.78, 5) is 22.9. The SMILES string of the molecule is CC(C(=O)O)c1ccc(C(=O)C2CC=CS2)cc1. The molecule has 18 heavy (non-hydrogen) atoms. The number of carboxylic acids is 1. The molecule has 2 rings (SSSR count). The zero-order valence-electron chi connectivity index (χ0n) is 10.00. The molecule has 0 saturated heterocycles. The molecule has 0 aliphatic carbocycles. The van der Waals surface area contributed by atoms with Crippen LogP contribution in [0.3, 0.4) is 0 Å². The van der Waals surface area contributed by atoms with Crippen LogP contribution in [0.15, 0.2) is 35.7 Å². The van der Waals surface area contributed by atoms with Crippen LogP contribution < -0.4 is 0 Å². The number of rotatable bonds is 4. The zero-order chi connectivity index (χ0) is 13.1. The van der Waals surface area contributed by atoms with Crippen LogP contribution in [0.25, 0.3) is 0 Å². The molecule has 94 valence electrons. The van der Waals surface area contributed by atoms with Gasteiger partial charge in [0.05, 0.1) is 11.2 Å². The lowest BCUT2D eigenvalue weighted by atomic mass is 9.98. The summed E-state index contributed by atoms with van der Waals surface area (Å²) in [5.41, 5.74) is 1.37. The Bertz CT molecular complexity index is 482. The van der Waals surface area contributed by atoms with Crippen molar-refractivity contribution in [3.8, 4) is 0 Å². The van der Waals surface area contributed by atoms with E-state index < -0.39 is 11.9 Å². The second kappa shape index (κ2) is 5.40. The van der Waals surface area contributed by atoms with E-state index in [1.54, 1.807) is 31.2 Å². The number of allylic oxidation sites excluding steroid dienone is 1. The standard InChI is InChI=1S/C14H14O3S/c1-9(14(16)17)10-4-6-11(7-5-10)13(15)12-3-2-8-18-12/h2,4-9,12H,3H2,1H3,(H,16,17). The number of hydrogen-bond donors (Lipinski definition) is 1. The number of carbonyl (C=O) groups excluding carboxylic acids is 1. The number of thioether (sulfide) groups is 1. The molecule has 1 aromatic rings. The van der Waals surface area contributed by atoms with Crippen molar-refractivity contribution in [2.24, 2.45) is 0 Å². The predicted octanol–water partition coefficient (Wildman–Crippen LogP) is 3.08. The number of hydrogen-bond acceptors (Lipinski definition) is 3. The molecule has 0 amide bonds. The first kappa shape index (κ1) is 12.9. The minimum atomic E-state index is -0.857.